The van der Waals surface area contributed by atoms with Gasteiger partial charge in [0.25, 0.3) is 5.56 Å². The first-order chi connectivity index (χ1) is 15.6. The van der Waals surface area contributed by atoms with Crippen LogP contribution in [0, 0.1) is 11.3 Å². The molecule has 10 heteroatoms. The largest absolute Gasteiger partial charge is 0.455 e. The molecule has 0 saturated carbocycles. The van der Waals surface area contributed by atoms with Gasteiger partial charge in [-0.3, -0.25) is 9.78 Å². The van der Waals surface area contributed by atoms with Crippen LogP contribution in [0.3, 0.4) is 0 Å². The van der Waals surface area contributed by atoms with Crippen LogP contribution in [0.15, 0.2) is 46.2 Å². The highest BCUT2D eigenvalue weighted by Crippen LogP contribution is 2.36. The van der Waals surface area contributed by atoms with Gasteiger partial charge in [-0.15, -0.1) is 5.10 Å². The van der Waals surface area contributed by atoms with Gasteiger partial charge in [0.15, 0.2) is 0 Å². The third-order valence-electron chi connectivity index (χ3n) is 5.13. The number of benzene rings is 2. The second-order valence-electron chi connectivity index (χ2n) is 8.44. The third kappa shape index (κ3) is 4.13. The summed E-state index contributed by atoms with van der Waals surface area (Å²) in [5, 5.41) is 13.2. The summed E-state index contributed by atoms with van der Waals surface area (Å²) in [6.07, 6.45) is 2.35. The van der Waals surface area contributed by atoms with E-state index in [1.54, 1.807) is 18.5 Å². The predicted molar refractivity (Wildman–Crippen MR) is 124 cm³/mol. The number of aryl methyl sites for hydroxylation is 1. The Morgan fingerprint density at radius 2 is 1.97 bits per heavy atom. The molecule has 2 aromatic carbocycles. The molecular weight excluding hydrogens is 444 g/mol. The quantitative estimate of drug-likeness (QED) is 0.489. The standard InChI is InChI=1S/C23H21ClN6O3/c1-5-13-8-14(30-22(32)27-21(31)18(11-25)28-30)9-16(24)20(13)33-15-6-7-17-19(10-15)29(12-26-17)23(2,3)4/h6-10,12H,5H2,1-4H3,(H,27,31,32). The molecule has 0 aliphatic heterocycles. The molecule has 4 aromatic rings. The van der Waals surface area contributed by atoms with Crippen LogP contribution in [-0.4, -0.2) is 24.3 Å². The van der Waals surface area contributed by atoms with Gasteiger partial charge in [-0.1, -0.05) is 18.5 Å². The summed E-state index contributed by atoms with van der Waals surface area (Å²) in [5.74, 6) is 1.03. The monoisotopic (exact) mass is 464 g/mol. The molecule has 0 unspecified atom stereocenters. The Balaban J connectivity index is 1.79. The Morgan fingerprint density at radius 1 is 1.21 bits per heavy atom. The summed E-state index contributed by atoms with van der Waals surface area (Å²) in [6, 6.07) is 10.5. The lowest BCUT2D eigenvalue weighted by Crippen LogP contribution is -2.33. The van der Waals surface area contributed by atoms with E-state index in [4.69, 9.17) is 21.6 Å². The summed E-state index contributed by atoms with van der Waals surface area (Å²) in [5.41, 5.74) is 0.624. The van der Waals surface area contributed by atoms with Crippen molar-refractivity contribution in [3.63, 3.8) is 0 Å². The third-order valence-corrected chi connectivity index (χ3v) is 5.41. The zero-order valence-electron chi connectivity index (χ0n) is 18.5. The van der Waals surface area contributed by atoms with Crippen LogP contribution in [0.4, 0.5) is 0 Å². The molecule has 9 nitrogen and oxygen atoms in total. The van der Waals surface area contributed by atoms with E-state index in [1.165, 1.54) is 6.07 Å². The Hall–Kier alpha value is -3.90. The van der Waals surface area contributed by atoms with E-state index in [0.717, 1.165) is 21.3 Å². The lowest BCUT2D eigenvalue weighted by molar-refractivity contribution is 0.407. The van der Waals surface area contributed by atoms with Crippen molar-refractivity contribution in [1.82, 2.24) is 24.3 Å². The van der Waals surface area contributed by atoms with E-state index in [9.17, 15) is 9.59 Å². The smallest absolute Gasteiger partial charge is 0.349 e. The number of nitrogens with one attached hydrogen (secondary N) is 1. The number of aromatic nitrogens is 5. The van der Waals surface area contributed by atoms with Crippen LogP contribution in [0.1, 0.15) is 39.0 Å². The summed E-state index contributed by atoms with van der Waals surface area (Å²) in [4.78, 5) is 30.5. The number of nitriles is 1. The van der Waals surface area contributed by atoms with Gasteiger partial charge in [-0.25, -0.2) is 9.78 Å². The average molecular weight is 465 g/mol. The maximum Gasteiger partial charge on any atom is 0.349 e. The van der Waals surface area contributed by atoms with Crippen LogP contribution in [0.5, 0.6) is 11.5 Å². The number of rotatable bonds is 4. The van der Waals surface area contributed by atoms with Gasteiger partial charge >= 0.3 is 5.69 Å². The lowest BCUT2D eigenvalue weighted by Gasteiger charge is -2.22. The normalized spacial score (nSPS) is 11.5. The molecule has 168 valence electrons. The number of halogens is 1. The van der Waals surface area contributed by atoms with Gasteiger partial charge in [0.05, 0.1) is 28.1 Å². The molecule has 0 saturated heterocycles. The van der Waals surface area contributed by atoms with Crippen LogP contribution < -0.4 is 16.0 Å². The first-order valence-corrected chi connectivity index (χ1v) is 10.6. The maximum atomic E-state index is 12.3. The molecule has 0 atom stereocenters. The average Bonchev–Trinajstić information content (AvgIpc) is 3.19. The van der Waals surface area contributed by atoms with Crippen LogP contribution in [-0.2, 0) is 12.0 Å². The van der Waals surface area contributed by atoms with Crippen molar-refractivity contribution >= 4 is 22.6 Å². The molecule has 1 N–H and O–H groups in total. The van der Waals surface area contributed by atoms with Gasteiger partial charge in [0.1, 0.15) is 17.6 Å². The summed E-state index contributed by atoms with van der Waals surface area (Å²) in [6.45, 7) is 8.20. The SMILES string of the molecule is CCc1cc(-n2nc(C#N)c(=O)[nH]c2=O)cc(Cl)c1Oc1ccc2ncn(C(C)(C)C)c2c1. The van der Waals surface area contributed by atoms with E-state index in [1.807, 2.05) is 25.1 Å². The first-order valence-electron chi connectivity index (χ1n) is 10.2. The molecule has 2 aromatic heterocycles. The van der Waals surface area contributed by atoms with E-state index >= 15 is 0 Å². The summed E-state index contributed by atoms with van der Waals surface area (Å²) in [7, 11) is 0. The number of H-pyrrole nitrogens is 1. The van der Waals surface area contributed by atoms with Crippen molar-refractivity contribution in [2.24, 2.45) is 0 Å². The minimum Gasteiger partial charge on any atom is -0.455 e. The Kier molecular flexibility index (Phi) is 5.56. The molecular formula is C23H21ClN6O3. The fraction of sp³-hybridized carbons (Fsp3) is 0.261. The Morgan fingerprint density at radius 3 is 2.64 bits per heavy atom. The maximum absolute atomic E-state index is 12.3. The van der Waals surface area contributed by atoms with Gasteiger partial charge in [0, 0.05) is 11.6 Å². The molecule has 2 heterocycles. The van der Waals surface area contributed by atoms with Crippen LogP contribution >= 0.6 is 11.6 Å². The highest BCUT2D eigenvalue weighted by molar-refractivity contribution is 6.32. The highest BCUT2D eigenvalue weighted by atomic mass is 35.5. The van der Waals surface area contributed by atoms with Gasteiger partial charge in [0.2, 0.25) is 5.69 Å². The fourth-order valence-corrected chi connectivity index (χ4v) is 3.76. The Labute approximate surface area is 193 Å². The molecule has 0 bridgehead atoms. The van der Waals surface area contributed by atoms with Crippen molar-refractivity contribution < 1.29 is 4.74 Å². The highest BCUT2D eigenvalue weighted by Gasteiger charge is 2.18. The van der Waals surface area contributed by atoms with Crippen molar-refractivity contribution in [1.29, 1.82) is 5.26 Å². The predicted octanol–water partition coefficient (Wildman–Crippen LogP) is 3.91. The molecule has 0 aliphatic rings. The molecule has 0 aliphatic carbocycles. The van der Waals surface area contributed by atoms with Gasteiger partial charge in [-0.05, 0) is 57.0 Å². The topological polar surface area (TPSA) is 119 Å². The van der Waals surface area contributed by atoms with Crippen molar-refractivity contribution in [3.8, 4) is 23.3 Å². The molecule has 0 radical (unpaired) electrons. The minimum absolute atomic E-state index is 0.152. The number of imidazole rings is 1. The Bertz CT molecular complexity index is 1540. The molecule has 33 heavy (non-hydrogen) atoms. The van der Waals surface area contributed by atoms with E-state index in [2.05, 4.69) is 40.4 Å². The molecule has 0 amide bonds. The van der Waals surface area contributed by atoms with E-state index in [-0.39, 0.29) is 10.6 Å². The van der Waals surface area contributed by atoms with Gasteiger partial charge < -0.3 is 9.30 Å². The van der Waals surface area contributed by atoms with E-state index in [0.29, 0.717) is 23.6 Å². The van der Waals surface area contributed by atoms with Crippen molar-refractivity contribution in [2.45, 2.75) is 39.7 Å². The molecule has 0 fully saturated rings. The number of hydrogen-bond acceptors (Lipinski definition) is 6. The number of nitrogens with zero attached hydrogens (tertiary/aromatic N) is 5. The number of fused-ring (bicyclic) bond motifs is 1. The zero-order chi connectivity index (χ0) is 23.9. The summed E-state index contributed by atoms with van der Waals surface area (Å²) >= 11 is 6.55. The first kappa shape index (κ1) is 22.3. The van der Waals surface area contributed by atoms with Crippen LogP contribution in [0.2, 0.25) is 5.02 Å². The van der Waals surface area contributed by atoms with Gasteiger partial charge in [-0.2, -0.15) is 9.94 Å². The molecule has 4 rings (SSSR count). The van der Waals surface area contributed by atoms with Crippen molar-refractivity contribution in [2.75, 3.05) is 0 Å². The second kappa shape index (κ2) is 8.22. The number of ether oxygens (including phenoxy) is 1. The van der Waals surface area contributed by atoms with E-state index < -0.39 is 16.9 Å². The number of aromatic amines is 1. The fourth-order valence-electron chi connectivity index (χ4n) is 3.49. The minimum atomic E-state index is -0.842. The second-order valence-corrected chi connectivity index (χ2v) is 8.85. The number of hydrogen-bond donors (Lipinski definition) is 1. The van der Waals surface area contributed by atoms with Crippen molar-refractivity contribution in [3.05, 3.63) is 73.8 Å². The summed E-state index contributed by atoms with van der Waals surface area (Å²) < 4.78 is 9.17. The lowest BCUT2D eigenvalue weighted by atomic mass is 10.1. The van der Waals surface area contributed by atoms with Crippen LogP contribution in [0.25, 0.3) is 16.7 Å². The zero-order valence-corrected chi connectivity index (χ0v) is 19.3. The molecule has 0 spiro atoms.